The molecule has 0 bridgehead atoms. The van der Waals surface area contributed by atoms with E-state index >= 15 is 0 Å². The van der Waals surface area contributed by atoms with E-state index in [4.69, 9.17) is 30.3 Å². The molecule has 0 aromatic rings. The second kappa shape index (κ2) is 3.20. The third kappa shape index (κ3) is 1.70. The maximum Gasteiger partial charge on any atom is 0.247 e. The van der Waals surface area contributed by atoms with Gasteiger partial charge in [-0.1, -0.05) is 0 Å². The molecule has 0 heterocycles. The fourth-order valence-corrected chi connectivity index (χ4v) is 4.85. The molecule has 0 spiro atoms. The largest absolute Gasteiger partial charge is 0.247 e. The molecule has 0 aliphatic rings. The van der Waals surface area contributed by atoms with E-state index in [2.05, 4.69) is 16.6 Å². The van der Waals surface area contributed by atoms with Crippen molar-refractivity contribution in [3.63, 3.8) is 0 Å². The van der Waals surface area contributed by atoms with Crippen LogP contribution < -0.4 is 0 Å². The summed E-state index contributed by atoms with van der Waals surface area (Å²) in [5.41, 5.74) is 7.78. The maximum atomic E-state index is 6.11. The summed E-state index contributed by atoms with van der Waals surface area (Å²) in [4.78, 5) is 0. The van der Waals surface area contributed by atoms with Crippen molar-refractivity contribution in [3.05, 3.63) is 0 Å². The van der Waals surface area contributed by atoms with Crippen LogP contribution in [0.15, 0.2) is 0 Å². The summed E-state index contributed by atoms with van der Waals surface area (Å²) in [6.07, 6.45) is 15.9. The lowest BCUT2D eigenvalue weighted by molar-refractivity contribution is 2.07. The minimum absolute atomic E-state index is 1.83. The minimum Gasteiger partial charge on any atom is -0.152 e. The van der Waals surface area contributed by atoms with E-state index in [0.29, 0.717) is 0 Å². The molecule has 1 atom stereocenters. The Morgan fingerprint density at radius 3 is 1.45 bits per heavy atom. The second-order valence-electron chi connectivity index (χ2n) is 2.56. The van der Waals surface area contributed by atoms with E-state index < -0.39 is 14.5 Å². The van der Waals surface area contributed by atoms with Crippen LogP contribution in [0.25, 0.3) is 0 Å². The summed E-state index contributed by atoms with van der Waals surface area (Å²) >= 11 is 6.11. The van der Waals surface area contributed by atoms with Crippen LogP contribution in [0.3, 0.4) is 0 Å². The molecule has 0 rings (SSSR count). The van der Waals surface area contributed by atoms with Gasteiger partial charge in [-0.15, -0.1) is 35.9 Å². The number of terminal acetylenes is 3. The summed E-state index contributed by atoms with van der Waals surface area (Å²) in [6, 6.07) is 0. The summed E-state index contributed by atoms with van der Waals surface area (Å²) in [6.45, 7) is 1.44. The lowest BCUT2D eigenvalue weighted by Crippen LogP contribution is -2.53. The highest BCUT2D eigenvalue weighted by Gasteiger charge is 2.45. The van der Waals surface area contributed by atoms with Crippen LogP contribution in [0.2, 0.25) is 13.1 Å². The highest BCUT2D eigenvalue weighted by atomic mass is 35.6. The molecule has 0 radical (unpaired) electrons. The molecule has 3 heteroatoms. The van der Waals surface area contributed by atoms with Gasteiger partial charge in [0.15, 0.2) is 0 Å². The van der Waals surface area contributed by atoms with Crippen molar-refractivity contribution >= 4 is 25.6 Å². The summed E-state index contributed by atoms with van der Waals surface area (Å²) < 4.78 is 0. The molecule has 0 saturated carbocycles. The van der Waals surface area contributed by atoms with E-state index in [9.17, 15) is 0 Å². The van der Waals surface area contributed by atoms with Crippen molar-refractivity contribution < 1.29 is 0 Å². The zero-order valence-corrected chi connectivity index (χ0v) is 9.37. The van der Waals surface area contributed by atoms with Crippen LogP contribution in [0.5, 0.6) is 0 Å². The van der Waals surface area contributed by atoms with Crippen LogP contribution in [0, 0.1) is 35.9 Å². The van der Waals surface area contributed by atoms with Gasteiger partial charge in [-0.2, -0.15) is 11.1 Å². The van der Waals surface area contributed by atoms with Gasteiger partial charge in [-0.25, -0.2) is 0 Å². The Balaban J connectivity index is 5.06. The quantitative estimate of drug-likeness (QED) is 0.339. The zero-order valence-electron chi connectivity index (χ0n) is 6.61. The van der Waals surface area contributed by atoms with E-state index in [1.54, 1.807) is 0 Å². The van der Waals surface area contributed by atoms with Crippen LogP contribution >= 0.6 is 11.1 Å². The van der Waals surface area contributed by atoms with Gasteiger partial charge in [0.25, 0.3) is 0 Å². The molecular weight excluding hydrogens is 188 g/mol. The average molecular weight is 197 g/mol. The number of rotatable bonds is 1. The molecular formula is C8H9ClSi2. The van der Waals surface area contributed by atoms with Crippen molar-refractivity contribution in [1.82, 2.24) is 0 Å². The molecule has 1 unspecified atom stereocenters. The molecule has 0 fully saturated rings. The van der Waals surface area contributed by atoms with Gasteiger partial charge >= 0.3 is 0 Å². The summed E-state index contributed by atoms with van der Waals surface area (Å²) in [5, 5.41) is 0. The monoisotopic (exact) mass is 196 g/mol. The Morgan fingerprint density at radius 2 is 1.36 bits per heavy atom. The third-order valence-electron chi connectivity index (χ3n) is 1.79. The molecule has 0 nitrogen and oxygen atoms in total. The van der Waals surface area contributed by atoms with E-state index in [1.165, 1.54) is 0 Å². The van der Waals surface area contributed by atoms with Crippen LogP contribution in [0.4, 0.5) is 0 Å². The topological polar surface area (TPSA) is 0 Å². The van der Waals surface area contributed by atoms with Gasteiger partial charge in [-0.3, -0.25) is 0 Å². The Labute approximate surface area is 74.9 Å². The number of halogens is 1. The fraction of sp³-hybridized carbons (Fsp3) is 0.250. The highest BCUT2D eigenvalue weighted by Crippen LogP contribution is 2.20. The smallest absolute Gasteiger partial charge is 0.152 e. The summed E-state index contributed by atoms with van der Waals surface area (Å²) in [7, 11) is -2.20. The van der Waals surface area contributed by atoms with Gasteiger partial charge in [-0.05, 0) is 13.1 Å². The van der Waals surface area contributed by atoms with Gasteiger partial charge in [0.05, 0.1) is 0 Å². The molecule has 0 aliphatic carbocycles. The van der Waals surface area contributed by atoms with Crippen molar-refractivity contribution in [3.8, 4) is 35.9 Å². The molecule has 11 heavy (non-hydrogen) atoms. The van der Waals surface area contributed by atoms with Crippen LogP contribution in [-0.4, -0.2) is 14.5 Å². The molecule has 0 aliphatic heterocycles. The Morgan fingerprint density at radius 1 is 1.00 bits per heavy atom. The fourth-order valence-electron chi connectivity index (χ4n) is 0.457. The molecule has 0 aromatic carbocycles. The first kappa shape index (κ1) is 10.4. The molecule has 0 aromatic heterocycles. The molecule has 0 amide bonds. The van der Waals surface area contributed by atoms with Gasteiger partial charge in [0.2, 0.25) is 14.5 Å². The van der Waals surface area contributed by atoms with Gasteiger partial charge in [0.1, 0.15) is 0 Å². The normalized spacial score (nSPS) is 15.3. The first-order valence-electron chi connectivity index (χ1n) is 3.06. The minimum atomic E-state index is -2.26. The van der Waals surface area contributed by atoms with Crippen molar-refractivity contribution in [1.29, 1.82) is 0 Å². The first-order valence-corrected chi connectivity index (χ1v) is 10.1. The van der Waals surface area contributed by atoms with Crippen LogP contribution in [-0.2, 0) is 0 Å². The SMILES string of the molecule is C#C[Si](C)(Cl)[Si](C)(C#C)C#C. The van der Waals surface area contributed by atoms with E-state index in [1.807, 2.05) is 13.1 Å². The van der Waals surface area contributed by atoms with Gasteiger partial charge in [0, 0.05) is 0 Å². The average Bonchev–Trinajstić information content (AvgIpc) is 2.02. The maximum absolute atomic E-state index is 6.11. The van der Waals surface area contributed by atoms with Crippen LogP contribution in [0.1, 0.15) is 0 Å². The Hall–Kier alpha value is -0.596. The molecule has 0 N–H and O–H groups in total. The van der Waals surface area contributed by atoms with Crippen molar-refractivity contribution in [2.75, 3.05) is 0 Å². The number of hydrogen-bond donors (Lipinski definition) is 0. The lowest BCUT2D eigenvalue weighted by atomic mass is 11.4. The first-order chi connectivity index (χ1) is 4.93. The van der Waals surface area contributed by atoms with Gasteiger partial charge < -0.3 is 0 Å². The number of hydrogen-bond acceptors (Lipinski definition) is 0. The predicted molar refractivity (Wildman–Crippen MR) is 55.6 cm³/mol. The third-order valence-corrected chi connectivity index (χ3v) is 16.0. The summed E-state index contributed by atoms with van der Waals surface area (Å²) in [5.74, 6) is 0. The molecule has 0 saturated heterocycles. The Kier molecular flexibility index (Phi) is 3.03. The highest BCUT2D eigenvalue weighted by molar-refractivity contribution is 7.65. The van der Waals surface area contributed by atoms with E-state index in [-0.39, 0.29) is 0 Å². The van der Waals surface area contributed by atoms with Crippen molar-refractivity contribution in [2.45, 2.75) is 13.1 Å². The van der Waals surface area contributed by atoms with E-state index in [0.717, 1.165) is 0 Å². The second-order valence-corrected chi connectivity index (χ2v) is 16.9. The molecule has 56 valence electrons. The van der Waals surface area contributed by atoms with Crippen molar-refractivity contribution in [2.24, 2.45) is 0 Å². The Bertz CT molecular complexity index is 258. The lowest BCUT2D eigenvalue weighted by Gasteiger charge is -2.23. The predicted octanol–water partition coefficient (Wildman–Crippen LogP) is 1.47. The standard InChI is InChI=1S/C8H9ClSi2/c1-6-10(4,7-2)11(5,9)8-3/h1-3H,4-5H3. The zero-order chi connectivity index (χ0) is 9.12.